The van der Waals surface area contributed by atoms with Gasteiger partial charge in [-0.3, -0.25) is 4.79 Å². The van der Waals surface area contributed by atoms with Crippen LogP contribution < -0.4 is 0 Å². The molecule has 1 aromatic rings. The van der Waals surface area contributed by atoms with Gasteiger partial charge in [0.2, 0.25) is 11.8 Å². The van der Waals surface area contributed by atoms with E-state index < -0.39 is 0 Å². The predicted molar refractivity (Wildman–Crippen MR) is 83.4 cm³/mol. The van der Waals surface area contributed by atoms with Crippen molar-refractivity contribution in [2.45, 2.75) is 70.6 Å². The van der Waals surface area contributed by atoms with Crippen LogP contribution >= 0.6 is 0 Å². The monoisotopic (exact) mass is 305 g/mol. The second kappa shape index (κ2) is 7.25. The number of rotatable bonds is 5. The lowest BCUT2D eigenvalue weighted by molar-refractivity contribution is -0.136. The molecule has 5 heteroatoms. The van der Waals surface area contributed by atoms with Crippen molar-refractivity contribution in [2.75, 3.05) is 13.1 Å². The summed E-state index contributed by atoms with van der Waals surface area (Å²) < 4.78 is 5.46. The highest BCUT2D eigenvalue weighted by molar-refractivity contribution is 5.79. The Morgan fingerprint density at radius 1 is 1.27 bits per heavy atom. The van der Waals surface area contributed by atoms with Crippen molar-refractivity contribution in [2.24, 2.45) is 5.92 Å². The molecule has 1 aromatic heterocycles. The van der Waals surface area contributed by atoms with Crippen LogP contribution in [0.3, 0.4) is 0 Å². The third-order valence-corrected chi connectivity index (χ3v) is 5.02. The van der Waals surface area contributed by atoms with Crippen LogP contribution in [0.5, 0.6) is 0 Å². The molecule has 0 spiro atoms. The van der Waals surface area contributed by atoms with Gasteiger partial charge in [-0.05, 0) is 32.1 Å². The fraction of sp³-hybridized carbons (Fsp3) is 0.824. The highest BCUT2D eigenvalue weighted by atomic mass is 16.5. The standard InChI is InChI=1S/C17H27N3O2/c1-2-3-10-15-18-16(22-19-15)14-9-6-11-20(12-14)17(21)13-7-4-5-8-13/h13-14H,2-12H2,1H3. The summed E-state index contributed by atoms with van der Waals surface area (Å²) in [6, 6.07) is 0. The fourth-order valence-corrected chi connectivity index (χ4v) is 3.68. The molecule has 1 saturated heterocycles. The summed E-state index contributed by atoms with van der Waals surface area (Å²) >= 11 is 0. The fourth-order valence-electron chi connectivity index (χ4n) is 3.68. The quantitative estimate of drug-likeness (QED) is 0.837. The van der Waals surface area contributed by atoms with E-state index in [1.807, 2.05) is 4.90 Å². The molecule has 0 bridgehead atoms. The maximum atomic E-state index is 12.6. The van der Waals surface area contributed by atoms with E-state index in [1.165, 1.54) is 12.8 Å². The Morgan fingerprint density at radius 2 is 2.09 bits per heavy atom. The number of hydrogen-bond acceptors (Lipinski definition) is 4. The van der Waals surface area contributed by atoms with E-state index in [0.717, 1.165) is 69.8 Å². The van der Waals surface area contributed by atoms with Crippen molar-refractivity contribution in [1.29, 1.82) is 0 Å². The van der Waals surface area contributed by atoms with Gasteiger partial charge < -0.3 is 9.42 Å². The molecule has 1 unspecified atom stereocenters. The molecule has 22 heavy (non-hydrogen) atoms. The maximum absolute atomic E-state index is 12.6. The summed E-state index contributed by atoms with van der Waals surface area (Å²) in [5.41, 5.74) is 0. The first-order valence-electron chi connectivity index (χ1n) is 8.89. The van der Waals surface area contributed by atoms with Crippen LogP contribution in [0.15, 0.2) is 4.52 Å². The minimum atomic E-state index is 0.224. The lowest BCUT2D eigenvalue weighted by atomic mass is 9.96. The maximum Gasteiger partial charge on any atom is 0.231 e. The van der Waals surface area contributed by atoms with Crippen LogP contribution in [0.2, 0.25) is 0 Å². The average Bonchev–Trinajstić information content (AvgIpc) is 3.24. The zero-order valence-electron chi connectivity index (χ0n) is 13.6. The average molecular weight is 305 g/mol. The molecule has 1 amide bonds. The first kappa shape index (κ1) is 15.5. The summed E-state index contributed by atoms with van der Waals surface area (Å²) in [4.78, 5) is 19.2. The third-order valence-electron chi connectivity index (χ3n) is 5.02. The van der Waals surface area contributed by atoms with Gasteiger partial charge in [-0.15, -0.1) is 0 Å². The Bertz CT molecular complexity index is 494. The second-order valence-corrected chi connectivity index (χ2v) is 6.76. The van der Waals surface area contributed by atoms with E-state index in [2.05, 4.69) is 17.1 Å². The summed E-state index contributed by atoms with van der Waals surface area (Å²) in [7, 11) is 0. The lowest BCUT2D eigenvalue weighted by Gasteiger charge is -2.32. The normalized spacial score (nSPS) is 23.1. The molecule has 0 radical (unpaired) electrons. The van der Waals surface area contributed by atoms with E-state index in [9.17, 15) is 4.79 Å². The van der Waals surface area contributed by atoms with Gasteiger partial charge in [0.25, 0.3) is 0 Å². The highest BCUT2D eigenvalue weighted by Crippen LogP contribution is 2.31. The number of likely N-dealkylation sites (tertiary alicyclic amines) is 1. The summed E-state index contributed by atoms with van der Waals surface area (Å²) in [6.45, 7) is 3.81. The van der Waals surface area contributed by atoms with Crippen molar-refractivity contribution in [3.05, 3.63) is 11.7 Å². The molecule has 2 aliphatic rings. The minimum Gasteiger partial charge on any atom is -0.342 e. The highest BCUT2D eigenvalue weighted by Gasteiger charge is 2.32. The molecule has 0 aromatic carbocycles. The molecular weight excluding hydrogens is 278 g/mol. The van der Waals surface area contributed by atoms with Crippen molar-refractivity contribution in [1.82, 2.24) is 15.0 Å². The molecule has 1 saturated carbocycles. The lowest BCUT2D eigenvalue weighted by Crippen LogP contribution is -2.41. The number of hydrogen-bond donors (Lipinski definition) is 0. The Hall–Kier alpha value is -1.39. The van der Waals surface area contributed by atoms with Crippen LogP contribution in [0.1, 0.15) is 75.9 Å². The van der Waals surface area contributed by atoms with Crippen molar-refractivity contribution in [3.8, 4) is 0 Å². The summed E-state index contributed by atoms with van der Waals surface area (Å²) in [5, 5.41) is 4.09. The van der Waals surface area contributed by atoms with Gasteiger partial charge in [-0.2, -0.15) is 4.98 Å². The number of aryl methyl sites for hydroxylation is 1. The molecular formula is C17H27N3O2. The van der Waals surface area contributed by atoms with Crippen LogP contribution in [-0.2, 0) is 11.2 Å². The smallest absolute Gasteiger partial charge is 0.231 e. The van der Waals surface area contributed by atoms with E-state index in [4.69, 9.17) is 4.52 Å². The molecule has 1 aliphatic heterocycles. The first-order valence-corrected chi connectivity index (χ1v) is 8.89. The number of carbonyl (C=O) groups excluding carboxylic acids is 1. The Kier molecular flexibility index (Phi) is 5.11. The third kappa shape index (κ3) is 3.50. The van der Waals surface area contributed by atoms with E-state index in [0.29, 0.717) is 5.91 Å². The molecule has 1 atom stereocenters. The zero-order chi connectivity index (χ0) is 15.4. The number of amides is 1. The zero-order valence-corrected chi connectivity index (χ0v) is 13.6. The van der Waals surface area contributed by atoms with Crippen LogP contribution in [0.4, 0.5) is 0 Å². The number of aromatic nitrogens is 2. The van der Waals surface area contributed by atoms with Crippen LogP contribution in [0, 0.1) is 5.92 Å². The van der Waals surface area contributed by atoms with E-state index in [-0.39, 0.29) is 11.8 Å². The Labute approximate surface area is 132 Å². The van der Waals surface area contributed by atoms with Gasteiger partial charge in [0, 0.05) is 25.4 Å². The van der Waals surface area contributed by atoms with E-state index >= 15 is 0 Å². The molecule has 5 nitrogen and oxygen atoms in total. The van der Waals surface area contributed by atoms with Gasteiger partial charge in [0.05, 0.1) is 5.92 Å². The van der Waals surface area contributed by atoms with Crippen molar-refractivity contribution in [3.63, 3.8) is 0 Å². The van der Waals surface area contributed by atoms with Gasteiger partial charge in [-0.1, -0.05) is 31.3 Å². The number of unbranched alkanes of at least 4 members (excludes halogenated alkanes) is 1. The number of piperidine rings is 1. The summed E-state index contributed by atoms with van der Waals surface area (Å²) in [5.74, 6) is 2.39. The van der Waals surface area contributed by atoms with E-state index in [1.54, 1.807) is 0 Å². The van der Waals surface area contributed by atoms with Crippen molar-refractivity contribution < 1.29 is 9.32 Å². The van der Waals surface area contributed by atoms with Gasteiger partial charge >= 0.3 is 0 Å². The number of nitrogens with zero attached hydrogens (tertiary/aromatic N) is 3. The van der Waals surface area contributed by atoms with Gasteiger partial charge in [0.1, 0.15) is 0 Å². The first-order chi connectivity index (χ1) is 10.8. The summed E-state index contributed by atoms with van der Waals surface area (Å²) in [6.07, 6.45) is 9.75. The molecule has 1 aliphatic carbocycles. The molecule has 122 valence electrons. The Balaban J connectivity index is 1.60. The van der Waals surface area contributed by atoms with Crippen LogP contribution in [-0.4, -0.2) is 34.0 Å². The van der Waals surface area contributed by atoms with Gasteiger partial charge in [-0.25, -0.2) is 0 Å². The number of carbonyl (C=O) groups is 1. The topological polar surface area (TPSA) is 59.2 Å². The minimum absolute atomic E-state index is 0.224. The SMILES string of the molecule is CCCCc1noc(C2CCCN(C(=O)C3CCCC3)C2)n1. The predicted octanol–water partition coefficient (Wildman–Crippen LogP) is 3.31. The Morgan fingerprint density at radius 3 is 2.86 bits per heavy atom. The molecule has 2 heterocycles. The molecule has 2 fully saturated rings. The molecule has 3 rings (SSSR count). The second-order valence-electron chi connectivity index (χ2n) is 6.76. The van der Waals surface area contributed by atoms with Crippen LogP contribution in [0.25, 0.3) is 0 Å². The largest absolute Gasteiger partial charge is 0.342 e. The van der Waals surface area contributed by atoms with Gasteiger partial charge in [0.15, 0.2) is 5.82 Å². The molecule has 0 N–H and O–H groups in total. The van der Waals surface area contributed by atoms with Crippen molar-refractivity contribution >= 4 is 5.91 Å².